The number of hydrogen-bond donors (Lipinski definition) is 1. The molecule has 5 heteroatoms. The van der Waals surface area contributed by atoms with Gasteiger partial charge in [-0.3, -0.25) is 0 Å². The van der Waals surface area contributed by atoms with E-state index >= 15 is 0 Å². The fourth-order valence-electron chi connectivity index (χ4n) is 2.37. The molecule has 2 heterocycles. The highest BCUT2D eigenvalue weighted by Gasteiger charge is 2.24. The number of rotatable bonds is 1. The van der Waals surface area contributed by atoms with Crippen LogP contribution in [0.1, 0.15) is 19.8 Å². The van der Waals surface area contributed by atoms with E-state index in [-0.39, 0.29) is 6.03 Å². The minimum absolute atomic E-state index is 0.00502. The molecule has 2 aromatic rings. The van der Waals surface area contributed by atoms with Crippen LogP contribution in [0.3, 0.4) is 0 Å². The van der Waals surface area contributed by atoms with Crippen LogP contribution in [0.25, 0.3) is 10.2 Å². The first-order chi connectivity index (χ1) is 8.74. The lowest BCUT2D eigenvalue weighted by atomic mass is 10.2. The van der Waals surface area contributed by atoms with Crippen LogP contribution < -0.4 is 5.32 Å². The highest BCUT2D eigenvalue weighted by atomic mass is 32.1. The van der Waals surface area contributed by atoms with Gasteiger partial charge in [-0.05, 0) is 38.0 Å². The minimum Gasteiger partial charge on any atom is -0.322 e. The third-order valence-electron chi connectivity index (χ3n) is 3.40. The van der Waals surface area contributed by atoms with Crippen molar-refractivity contribution in [2.45, 2.75) is 25.8 Å². The van der Waals surface area contributed by atoms with Crippen LogP contribution in [0.2, 0.25) is 0 Å². The van der Waals surface area contributed by atoms with Gasteiger partial charge < -0.3 is 10.2 Å². The lowest BCUT2D eigenvalue weighted by Gasteiger charge is -2.21. The summed E-state index contributed by atoms with van der Waals surface area (Å²) >= 11 is 1.61. The average molecular weight is 261 g/mol. The van der Waals surface area contributed by atoms with Gasteiger partial charge in [-0.15, -0.1) is 11.3 Å². The fourth-order valence-corrected chi connectivity index (χ4v) is 3.02. The summed E-state index contributed by atoms with van der Waals surface area (Å²) in [6, 6.07) is 6.18. The molecular formula is C13H15N3OS. The van der Waals surface area contributed by atoms with Crippen molar-refractivity contribution in [1.29, 1.82) is 0 Å². The Labute approximate surface area is 110 Å². The Morgan fingerprint density at radius 2 is 2.44 bits per heavy atom. The van der Waals surface area contributed by atoms with Crippen molar-refractivity contribution in [2.75, 3.05) is 11.9 Å². The van der Waals surface area contributed by atoms with Crippen molar-refractivity contribution < 1.29 is 4.79 Å². The number of carbonyl (C=O) groups excluding carboxylic acids is 1. The first-order valence-electron chi connectivity index (χ1n) is 6.15. The molecule has 4 nitrogen and oxygen atoms in total. The molecular weight excluding hydrogens is 246 g/mol. The Morgan fingerprint density at radius 3 is 3.22 bits per heavy atom. The number of thiazole rings is 1. The number of likely N-dealkylation sites (tertiary alicyclic amines) is 1. The molecule has 0 aliphatic carbocycles. The number of anilines is 1. The monoisotopic (exact) mass is 261 g/mol. The van der Waals surface area contributed by atoms with Crippen LogP contribution in [-0.4, -0.2) is 28.5 Å². The van der Waals surface area contributed by atoms with Crippen molar-refractivity contribution in [3.8, 4) is 0 Å². The van der Waals surface area contributed by atoms with Crippen LogP contribution in [-0.2, 0) is 0 Å². The first kappa shape index (κ1) is 11.5. The number of nitrogens with one attached hydrogen (secondary N) is 1. The van der Waals surface area contributed by atoms with Crippen LogP contribution in [0.4, 0.5) is 10.5 Å². The number of aromatic nitrogens is 1. The molecule has 18 heavy (non-hydrogen) atoms. The van der Waals surface area contributed by atoms with Crippen molar-refractivity contribution in [1.82, 2.24) is 9.88 Å². The number of fused-ring (bicyclic) bond motifs is 1. The summed E-state index contributed by atoms with van der Waals surface area (Å²) in [5.41, 5.74) is 3.57. The quantitative estimate of drug-likeness (QED) is 0.856. The van der Waals surface area contributed by atoms with Gasteiger partial charge in [0, 0.05) is 18.3 Å². The van der Waals surface area contributed by atoms with Crippen LogP contribution >= 0.6 is 11.3 Å². The second-order valence-electron chi connectivity index (χ2n) is 4.65. The van der Waals surface area contributed by atoms with Gasteiger partial charge >= 0.3 is 6.03 Å². The smallest absolute Gasteiger partial charge is 0.322 e. The van der Waals surface area contributed by atoms with Crippen molar-refractivity contribution >= 4 is 33.3 Å². The largest absolute Gasteiger partial charge is 0.322 e. The van der Waals surface area contributed by atoms with E-state index in [4.69, 9.17) is 0 Å². The molecule has 1 aliphatic rings. The number of nitrogens with zero attached hydrogens (tertiary/aromatic N) is 2. The number of benzene rings is 1. The molecule has 1 unspecified atom stereocenters. The highest BCUT2D eigenvalue weighted by Crippen LogP contribution is 2.23. The van der Waals surface area contributed by atoms with E-state index in [0.29, 0.717) is 6.04 Å². The van der Waals surface area contributed by atoms with Gasteiger partial charge in [0.1, 0.15) is 0 Å². The van der Waals surface area contributed by atoms with Gasteiger partial charge in [-0.2, -0.15) is 0 Å². The molecule has 1 aromatic heterocycles. The van der Waals surface area contributed by atoms with Crippen LogP contribution in [0.15, 0.2) is 23.7 Å². The molecule has 94 valence electrons. The van der Waals surface area contributed by atoms with E-state index in [2.05, 4.69) is 17.2 Å². The summed E-state index contributed by atoms with van der Waals surface area (Å²) in [5.74, 6) is 0. The number of urea groups is 1. The summed E-state index contributed by atoms with van der Waals surface area (Å²) in [6.07, 6.45) is 2.19. The van der Waals surface area contributed by atoms with Crippen LogP contribution in [0, 0.1) is 0 Å². The number of amides is 2. The lowest BCUT2D eigenvalue weighted by Crippen LogP contribution is -2.37. The molecule has 0 radical (unpaired) electrons. The summed E-state index contributed by atoms with van der Waals surface area (Å²) in [7, 11) is 0. The molecule has 0 spiro atoms. The number of hydrogen-bond acceptors (Lipinski definition) is 3. The zero-order valence-corrected chi connectivity index (χ0v) is 11.0. The van der Waals surface area contributed by atoms with E-state index in [0.717, 1.165) is 35.3 Å². The molecule has 1 saturated heterocycles. The van der Waals surface area contributed by atoms with Gasteiger partial charge in [0.05, 0.1) is 15.7 Å². The molecule has 1 aromatic carbocycles. The van der Waals surface area contributed by atoms with Gasteiger partial charge in [0.2, 0.25) is 0 Å². The maximum absolute atomic E-state index is 12.1. The minimum atomic E-state index is -0.00502. The molecule has 0 saturated carbocycles. The van der Waals surface area contributed by atoms with Crippen molar-refractivity contribution in [2.24, 2.45) is 0 Å². The molecule has 3 rings (SSSR count). The fraction of sp³-hybridized carbons (Fsp3) is 0.385. The SMILES string of the molecule is CC1CCCN1C(=O)Nc1ccc2scnc2c1. The first-order valence-corrected chi connectivity index (χ1v) is 7.03. The zero-order valence-electron chi connectivity index (χ0n) is 10.2. The normalized spacial score (nSPS) is 19.4. The Balaban J connectivity index is 1.77. The van der Waals surface area contributed by atoms with E-state index in [1.165, 1.54) is 0 Å². The average Bonchev–Trinajstić information content (AvgIpc) is 2.96. The summed E-state index contributed by atoms with van der Waals surface area (Å²) in [5, 5.41) is 2.95. The Kier molecular flexibility index (Phi) is 2.91. The number of carbonyl (C=O) groups is 1. The maximum Gasteiger partial charge on any atom is 0.322 e. The van der Waals surface area contributed by atoms with E-state index in [1.807, 2.05) is 28.6 Å². The maximum atomic E-state index is 12.1. The van der Waals surface area contributed by atoms with Gasteiger partial charge in [0.25, 0.3) is 0 Å². The summed E-state index contributed by atoms with van der Waals surface area (Å²) < 4.78 is 1.14. The van der Waals surface area contributed by atoms with Crippen molar-refractivity contribution in [3.05, 3.63) is 23.7 Å². The Bertz CT molecular complexity index is 580. The van der Waals surface area contributed by atoms with E-state index < -0.39 is 0 Å². The summed E-state index contributed by atoms with van der Waals surface area (Å²) in [4.78, 5) is 18.2. The zero-order chi connectivity index (χ0) is 12.5. The standard InChI is InChI=1S/C13H15N3OS/c1-9-3-2-6-16(9)13(17)15-10-4-5-12-11(7-10)14-8-18-12/h4-5,7-9H,2-3,6H2,1H3,(H,15,17). The molecule has 0 bridgehead atoms. The third-order valence-corrected chi connectivity index (χ3v) is 4.21. The van der Waals surface area contributed by atoms with E-state index in [1.54, 1.807) is 11.3 Å². The topological polar surface area (TPSA) is 45.2 Å². The third kappa shape index (κ3) is 2.06. The Hall–Kier alpha value is -1.62. The molecule has 1 N–H and O–H groups in total. The van der Waals surface area contributed by atoms with Gasteiger partial charge in [0.15, 0.2) is 0 Å². The highest BCUT2D eigenvalue weighted by molar-refractivity contribution is 7.16. The Morgan fingerprint density at radius 1 is 1.56 bits per heavy atom. The molecule has 1 fully saturated rings. The molecule has 1 aliphatic heterocycles. The molecule has 2 amide bonds. The lowest BCUT2D eigenvalue weighted by molar-refractivity contribution is 0.210. The van der Waals surface area contributed by atoms with Crippen LogP contribution in [0.5, 0.6) is 0 Å². The van der Waals surface area contributed by atoms with Gasteiger partial charge in [-0.1, -0.05) is 0 Å². The van der Waals surface area contributed by atoms with E-state index in [9.17, 15) is 4.79 Å². The predicted molar refractivity (Wildman–Crippen MR) is 74.0 cm³/mol. The predicted octanol–water partition coefficient (Wildman–Crippen LogP) is 3.31. The second-order valence-corrected chi connectivity index (χ2v) is 5.54. The van der Waals surface area contributed by atoms with Crippen molar-refractivity contribution in [3.63, 3.8) is 0 Å². The molecule has 1 atom stereocenters. The van der Waals surface area contributed by atoms with Gasteiger partial charge in [-0.25, -0.2) is 9.78 Å². The second kappa shape index (κ2) is 4.57. The summed E-state index contributed by atoms with van der Waals surface area (Å²) in [6.45, 7) is 2.95.